The van der Waals surface area contributed by atoms with Crippen LogP contribution in [0.4, 0.5) is 11.4 Å². The Kier molecular flexibility index (Phi) is 7.29. The van der Waals surface area contributed by atoms with E-state index in [1.165, 1.54) is 30.3 Å². The first-order chi connectivity index (χ1) is 15.7. The number of anilines is 1. The number of non-ortho nitro benzene ring substituents is 1. The number of sulfonamides is 1. The summed E-state index contributed by atoms with van der Waals surface area (Å²) in [6.45, 7) is 1.21. The van der Waals surface area contributed by atoms with Gasteiger partial charge in [0.25, 0.3) is 15.7 Å². The molecule has 0 radical (unpaired) electrons. The second-order valence-electron chi connectivity index (χ2n) is 7.16. The number of nitro benzene ring substituents is 1. The van der Waals surface area contributed by atoms with E-state index in [2.05, 4.69) is 5.32 Å². The molecule has 0 saturated carbocycles. The lowest BCUT2D eigenvalue weighted by atomic mass is 10.1. The minimum absolute atomic E-state index is 0.0142. The molecular formula is C23H23N3O6S. The number of carbonyl (C=O) groups excluding carboxylic acids is 1. The molecule has 1 atom stereocenters. The number of carbonyl (C=O) groups is 1. The van der Waals surface area contributed by atoms with Crippen LogP contribution in [-0.2, 0) is 14.8 Å². The Labute approximate surface area is 191 Å². The molecule has 0 spiro atoms. The molecule has 0 saturated heterocycles. The minimum Gasteiger partial charge on any atom is -0.497 e. The molecule has 0 unspecified atom stereocenters. The van der Waals surface area contributed by atoms with Crippen molar-refractivity contribution in [1.82, 2.24) is 5.32 Å². The lowest BCUT2D eigenvalue weighted by Gasteiger charge is -2.25. The van der Waals surface area contributed by atoms with E-state index < -0.39 is 33.4 Å². The summed E-state index contributed by atoms with van der Waals surface area (Å²) in [5.74, 6) is 0.104. The molecule has 3 aromatic rings. The zero-order valence-electron chi connectivity index (χ0n) is 18.0. The molecule has 1 N–H and O–H groups in total. The first-order valence-electron chi connectivity index (χ1n) is 9.98. The number of rotatable bonds is 9. The molecule has 1 amide bonds. The van der Waals surface area contributed by atoms with Gasteiger partial charge in [0.2, 0.25) is 5.91 Å². The molecule has 10 heteroatoms. The summed E-state index contributed by atoms with van der Waals surface area (Å²) < 4.78 is 32.7. The maximum atomic E-state index is 13.3. The number of amides is 1. The smallest absolute Gasteiger partial charge is 0.271 e. The number of hydrogen-bond donors (Lipinski definition) is 1. The second kappa shape index (κ2) is 10.1. The van der Waals surface area contributed by atoms with Crippen molar-refractivity contribution >= 4 is 27.3 Å². The molecule has 0 fully saturated rings. The molecule has 33 heavy (non-hydrogen) atoms. The fourth-order valence-corrected chi connectivity index (χ4v) is 4.62. The van der Waals surface area contributed by atoms with Gasteiger partial charge in [-0.15, -0.1) is 0 Å². The Morgan fingerprint density at radius 1 is 1.06 bits per heavy atom. The Bertz CT molecular complexity index is 1230. The van der Waals surface area contributed by atoms with Crippen LogP contribution in [0.5, 0.6) is 5.75 Å². The van der Waals surface area contributed by atoms with Crippen molar-refractivity contribution in [2.24, 2.45) is 0 Å². The maximum absolute atomic E-state index is 13.3. The summed E-state index contributed by atoms with van der Waals surface area (Å²) in [6, 6.07) is 19.4. The highest BCUT2D eigenvalue weighted by Crippen LogP contribution is 2.27. The summed E-state index contributed by atoms with van der Waals surface area (Å²) >= 11 is 0. The number of benzene rings is 3. The zero-order chi connectivity index (χ0) is 24.0. The monoisotopic (exact) mass is 469 g/mol. The summed E-state index contributed by atoms with van der Waals surface area (Å²) in [5.41, 5.74) is 0.532. The Morgan fingerprint density at radius 2 is 1.73 bits per heavy atom. The van der Waals surface area contributed by atoms with Gasteiger partial charge < -0.3 is 10.1 Å². The van der Waals surface area contributed by atoms with Crippen LogP contribution in [0.1, 0.15) is 18.5 Å². The molecule has 3 aromatic carbocycles. The van der Waals surface area contributed by atoms with Crippen LogP contribution in [0.25, 0.3) is 0 Å². The van der Waals surface area contributed by atoms with Crippen LogP contribution in [0, 0.1) is 10.1 Å². The normalized spacial score (nSPS) is 11.9. The van der Waals surface area contributed by atoms with Crippen LogP contribution in [0.3, 0.4) is 0 Å². The second-order valence-corrected chi connectivity index (χ2v) is 9.03. The van der Waals surface area contributed by atoms with Gasteiger partial charge >= 0.3 is 0 Å². The average Bonchev–Trinajstić information content (AvgIpc) is 2.83. The number of hydrogen-bond acceptors (Lipinski definition) is 6. The molecule has 0 aliphatic rings. The molecule has 172 valence electrons. The molecule has 0 bridgehead atoms. The van der Waals surface area contributed by atoms with Gasteiger partial charge in [0.15, 0.2) is 0 Å². The van der Waals surface area contributed by atoms with E-state index in [1.807, 2.05) is 0 Å². The van der Waals surface area contributed by atoms with E-state index in [4.69, 9.17) is 4.74 Å². The average molecular weight is 470 g/mol. The number of nitro groups is 1. The first-order valence-corrected chi connectivity index (χ1v) is 11.4. The number of ether oxygens (including phenoxy) is 1. The van der Waals surface area contributed by atoms with Crippen molar-refractivity contribution in [3.63, 3.8) is 0 Å². The number of methoxy groups -OCH3 is 1. The van der Waals surface area contributed by atoms with Crippen molar-refractivity contribution in [2.75, 3.05) is 18.0 Å². The molecule has 0 aliphatic heterocycles. The van der Waals surface area contributed by atoms with Crippen LogP contribution >= 0.6 is 0 Å². The van der Waals surface area contributed by atoms with Crippen LogP contribution in [0.15, 0.2) is 83.8 Å². The van der Waals surface area contributed by atoms with Crippen LogP contribution in [-0.4, -0.2) is 32.9 Å². The fraction of sp³-hybridized carbons (Fsp3) is 0.174. The highest BCUT2D eigenvalue weighted by Gasteiger charge is 2.28. The zero-order valence-corrected chi connectivity index (χ0v) is 18.9. The van der Waals surface area contributed by atoms with E-state index in [0.29, 0.717) is 5.75 Å². The van der Waals surface area contributed by atoms with Gasteiger partial charge in [-0.1, -0.05) is 36.4 Å². The van der Waals surface area contributed by atoms with Crippen molar-refractivity contribution in [1.29, 1.82) is 0 Å². The molecule has 0 heterocycles. The van der Waals surface area contributed by atoms with E-state index >= 15 is 0 Å². The summed E-state index contributed by atoms with van der Waals surface area (Å²) in [7, 11) is -2.62. The van der Waals surface area contributed by atoms with Gasteiger partial charge in [-0.25, -0.2) is 8.42 Å². The Morgan fingerprint density at radius 3 is 2.33 bits per heavy atom. The fourth-order valence-electron chi connectivity index (χ4n) is 3.19. The van der Waals surface area contributed by atoms with Crippen molar-refractivity contribution in [3.8, 4) is 5.75 Å². The summed E-state index contributed by atoms with van der Waals surface area (Å²) in [6.07, 6.45) is 0. The van der Waals surface area contributed by atoms with E-state index in [0.717, 1.165) is 15.9 Å². The molecule has 9 nitrogen and oxygen atoms in total. The van der Waals surface area contributed by atoms with Gasteiger partial charge in [-0.2, -0.15) is 0 Å². The third kappa shape index (κ3) is 5.66. The number of nitrogens with one attached hydrogen (secondary N) is 1. The van der Waals surface area contributed by atoms with Crippen LogP contribution < -0.4 is 14.4 Å². The Hall–Kier alpha value is -3.92. The first kappa shape index (κ1) is 23.7. The van der Waals surface area contributed by atoms with E-state index in [1.54, 1.807) is 56.5 Å². The predicted octanol–water partition coefficient (Wildman–Crippen LogP) is 3.68. The van der Waals surface area contributed by atoms with Gasteiger partial charge in [0.1, 0.15) is 12.3 Å². The SMILES string of the molecule is COc1ccc([C@H](C)NC(=O)CN(c2cccc([N+](=O)[O-])c2)S(=O)(=O)c2ccccc2)cc1. The highest BCUT2D eigenvalue weighted by atomic mass is 32.2. The summed E-state index contributed by atoms with van der Waals surface area (Å²) in [4.78, 5) is 23.4. The molecule has 0 aliphatic carbocycles. The maximum Gasteiger partial charge on any atom is 0.271 e. The summed E-state index contributed by atoms with van der Waals surface area (Å²) in [5, 5.41) is 14.0. The van der Waals surface area contributed by atoms with E-state index in [-0.39, 0.29) is 16.3 Å². The lowest BCUT2D eigenvalue weighted by molar-refractivity contribution is -0.384. The lowest BCUT2D eigenvalue weighted by Crippen LogP contribution is -2.41. The van der Waals surface area contributed by atoms with Gasteiger partial charge in [-0.3, -0.25) is 19.2 Å². The van der Waals surface area contributed by atoms with Gasteiger partial charge in [0, 0.05) is 12.1 Å². The largest absolute Gasteiger partial charge is 0.497 e. The highest BCUT2D eigenvalue weighted by molar-refractivity contribution is 7.92. The third-order valence-corrected chi connectivity index (χ3v) is 6.73. The minimum atomic E-state index is -4.17. The molecule has 0 aromatic heterocycles. The third-order valence-electron chi connectivity index (χ3n) is 4.94. The van der Waals surface area contributed by atoms with Gasteiger partial charge in [0.05, 0.1) is 28.7 Å². The van der Waals surface area contributed by atoms with Gasteiger partial charge in [-0.05, 0) is 42.8 Å². The standard InChI is InChI=1S/C23H23N3O6S/c1-17(18-11-13-21(32-2)14-12-18)24-23(27)16-25(19-7-6-8-20(15-19)26(28)29)33(30,31)22-9-4-3-5-10-22/h3-15,17H,16H2,1-2H3,(H,24,27)/t17-/m0/s1. The predicted molar refractivity (Wildman–Crippen MR) is 124 cm³/mol. The van der Waals surface area contributed by atoms with Crippen LogP contribution in [0.2, 0.25) is 0 Å². The van der Waals surface area contributed by atoms with Crippen molar-refractivity contribution in [2.45, 2.75) is 17.9 Å². The quantitative estimate of drug-likeness (QED) is 0.377. The topological polar surface area (TPSA) is 119 Å². The molecule has 3 rings (SSSR count). The van der Waals surface area contributed by atoms with E-state index in [9.17, 15) is 23.3 Å². The number of nitrogens with zero attached hydrogens (tertiary/aromatic N) is 2. The molecular weight excluding hydrogens is 446 g/mol. The van der Waals surface area contributed by atoms with Crippen molar-refractivity contribution < 1.29 is 22.9 Å². The van der Waals surface area contributed by atoms with Crippen molar-refractivity contribution in [3.05, 3.63) is 94.5 Å². The Balaban J connectivity index is 1.90.